The lowest BCUT2D eigenvalue weighted by molar-refractivity contribution is 0.00455. The predicted octanol–water partition coefficient (Wildman–Crippen LogP) is 8.48. The molecule has 2 aromatic carbocycles. The van der Waals surface area contributed by atoms with Crippen molar-refractivity contribution in [1.82, 2.24) is 0 Å². The van der Waals surface area contributed by atoms with E-state index in [4.69, 9.17) is 18.9 Å². The van der Waals surface area contributed by atoms with Gasteiger partial charge in [-0.2, -0.15) is 0 Å². The average Bonchev–Trinajstić information content (AvgIpc) is 3.42. The van der Waals surface area contributed by atoms with Gasteiger partial charge in [0, 0.05) is 79.0 Å². The van der Waals surface area contributed by atoms with E-state index in [1.165, 1.54) is 0 Å². The van der Waals surface area contributed by atoms with E-state index >= 15 is 0 Å². The summed E-state index contributed by atoms with van der Waals surface area (Å²) in [6.45, 7) is 14.0. The van der Waals surface area contributed by atoms with Crippen molar-refractivity contribution in [2.45, 2.75) is 70.1 Å². The van der Waals surface area contributed by atoms with Crippen molar-refractivity contribution >= 4 is 52.1 Å². The molecule has 2 aromatic rings. The predicted molar refractivity (Wildman–Crippen MR) is 240 cm³/mol. The zero-order valence-electron chi connectivity index (χ0n) is 34.9. The van der Waals surface area contributed by atoms with Crippen LogP contribution in [0.4, 0.5) is 11.4 Å². The van der Waals surface area contributed by atoms with Gasteiger partial charge < -0.3 is 52.6 Å². The molecular formula is C43H66N2O10S3. The van der Waals surface area contributed by atoms with Crippen molar-refractivity contribution in [3.8, 4) is 5.75 Å². The third-order valence-corrected chi connectivity index (χ3v) is 11.4. The van der Waals surface area contributed by atoms with E-state index in [-0.39, 0.29) is 17.8 Å². The second kappa shape index (κ2) is 26.7. The summed E-state index contributed by atoms with van der Waals surface area (Å²) in [6, 6.07) is 11.1. The third kappa shape index (κ3) is 16.2. The molecule has 0 aliphatic carbocycles. The molecule has 0 radical (unpaired) electrons. The van der Waals surface area contributed by atoms with Crippen molar-refractivity contribution in [3.05, 3.63) is 77.5 Å². The molecule has 0 aromatic heterocycles. The molecule has 58 heavy (non-hydrogen) atoms. The molecule has 12 nitrogen and oxygen atoms in total. The van der Waals surface area contributed by atoms with Crippen LogP contribution in [-0.4, -0.2) is 119 Å². The van der Waals surface area contributed by atoms with Crippen LogP contribution >= 0.6 is 24.1 Å². The number of aliphatic hydroxyl groups is 1. The monoisotopic (exact) mass is 866 g/mol. The molecule has 15 heteroatoms. The quantitative estimate of drug-likeness (QED) is 0.0229. The van der Waals surface area contributed by atoms with Crippen molar-refractivity contribution in [1.29, 1.82) is 0 Å². The maximum absolute atomic E-state index is 12.1. The Morgan fingerprint density at radius 2 is 1.59 bits per heavy atom. The summed E-state index contributed by atoms with van der Waals surface area (Å²) in [7, 11) is 1.64. The molecule has 0 bridgehead atoms. The van der Waals surface area contributed by atoms with Crippen LogP contribution in [0.2, 0.25) is 0 Å². The Kier molecular flexibility index (Phi) is 23.0. The minimum atomic E-state index is -2.15. The zero-order valence-corrected chi connectivity index (χ0v) is 37.3. The van der Waals surface area contributed by atoms with Crippen LogP contribution in [0.15, 0.2) is 71.3 Å². The van der Waals surface area contributed by atoms with Crippen molar-refractivity contribution in [2.24, 2.45) is 5.41 Å². The summed E-state index contributed by atoms with van der Waals surface area (Å²) in [4.78, 5) is 4.68. The SMILES string of the molecule is COCCOCCOCCOCCN(CCCSO)c1ccc(C(=C\CC(C)(C)C)/C=C/C=C2\N(CCCSO)c3ccc(S(=O)O)cc3C2(C)CCCO)c(O)c1. The van der Waals surface area contributed by atoms with E-state index < -0.39 is 16.5 Å². The molecule has 1 aliphatic rings. The molecule has 3 rings (SSSR count). The Morgan fingerprint density at radius 1 is 0.914 bits per heavy atom. The van der Waals surface area contributed by atoms with Gasteiger partial charge in [-0.1, -0.05) is 39.0 Å². The highest BCUT2D eigenvalue weighted by Gasteiger charge is 2.43. The molecular weight excluding hydrogens is 801 g/mol. The standard InChI is InChI=1S/C43H66N2O10S3/c1-42(2,3)18-16-34(10-6-11-41-43(4,17-7-22-46)38-33-36(58(50)51)13-15-39(38)45(41)20-9-31-57-49)37-14-12-35(32-40(37)47)44(19-8-30-56-48)21-23-53-26-27-55-29-28-54-25-24-52-5/h6,10-16,32-33,46-49H,7-9,17-31H2,1-5H3,(H,50,51)/b10-6+,34-16-,41-11-. The maximum atomic E-state index is 12.1. The Morgan fingerprint density at radius 3 is 2.21 bits per heavy atom. The van der Waals surface area contributed by atoms with Crippen molar-refractivity contribution in [2.75, 3.05) is 101 Å². The number of rotatable bonds is 29. The van der Waals surface area contributed by atoms with E-state index in [0.717, 1.165) is 65.1 Å². The number of phenols is 1. The Labute approximate surface area is 357 Å². The van der Waals surface area contributed by atoms with Crippen molar-refractivity contribution in [3.63, 3.8) is 0 Å². The average molecular weight is 867 g/mol. The highest BCUT2D eigenvalue weighted by molar-refractivity contribution is 7.93. The first-order valence-corrected chi connectivity index (χ1v) is 23.0. The van der Waals surface area contributed by atoms with E-state index in [1.54, 1.807) is 25.3 Å². The van der Waals surface area contributed by atoms with E-state index in [2.05, 4.69) is 49.6 Å². The fourth-order valence-corrected chi connectivity index (χ4v) is 7.72. The molecule has 0 amide bonds. The highest BCUT2D eigenvalue weighted by atomic mass is 32.2. The minimum absolute atomic E-state index is 0.000505. The van der Waals surface area contributed by atoms with Gasteiger partial charge in [0.25, 0.3) is 0 Å². The first-order chi connectivity index (χ1) is 27.9. The fraction of sp³-hybridized carbons (Fsp3) is 0.581. The number of phenolic OH excluding ortho intramolecular Hbond substituents is 1. The molecule has 2 unspecified atom stereocenters. The van der Waals surface area contributed by atoms with Gasteiger partial charge in [0.2, 0.25) is 0 Å². The molecule has 1 aliphatic heterocycles. The van der Waals surface area contributed by atoms with E-state index in [1.807, 2.05) is 30.4 Å². The number of ether oxygens (including phenoxy) is 4. The first kappa shape index (κ1) is 49.9. The van der Waals surface area contributed by atoms with Gasteiger partial charge in [-0.15, -0.1) is 0 Å². The molecule has 0 saturated heterocycles. The normalized spacial score (nSPS) is 17.2. The number of allylic oxidation sites excluding steroid dienone is 6. The number of hydrogen-bond donors (Lipinski definition) is 5. The van der Waals surface area contributed by atoms with E-state index in [0.29, 0.717) is 107 Å². The summed E-state index contributed by atoms with van der Waals surface area (Å²) in [5.74, 6) is 1.29. The van der Waals surface area contributed by atoms with Gasteiger partial charge in [-0.05, 0) is 116 Å². The lowest BCUT2D eigenvalue weighted by Crippen LogP contribution is -2.29. The van der Waals surface area contributed by atoms with Crippen LogP contribution in [0.3, 0.4) is 0 Å². The number of anilines is 2. The number of benzene rings is 2. The van der Waals surface area contributed by atoms with Crippen LogP contribution in [0.25, 0.3) is 5.57 Å². The number of hydrogen-bond acceptors (Lipinski definition) is 13. The van der Waals surface area contributed by atoms with Gasteiger partial charge in [0.1, 0.15) is 5.75 Å². The first-order valence-electron chi connectivity index (χ1n) is 20.0. The highest BCUT2D eigenvalue weighted by Crippen LogP contribution is 2.51. The van der Waals surface area contributed by atoms with Gasteiger partial charge in [-0.3, -0.25) is 0 Å². The van der Waals surface area contributed by atoms with Crippen molar-refractivity contribution < 1.29 is 47.0 Å². The molecule has 326 valence electrons. The number of aliphatic hydroxyl groups excluding tert-OH is 1. The summed E-state index contributed by atoms with van der Waals surface area (Å²) in [5.41, 5.74) is 4.70. The number of nitrogens with zero attached hydrogens (tertiary/aromatic N) is 2. The second-order valence-corrected chi connectivity index (χ2v) is 17.8. The number of aromatic hydroxyl groups is 1. The Bertz CT molecular complexity index is 1630. The molecule has 0 saturated carbocycles. The van der Waals surface area contributed by atoms with Crippen LogP contribution in [-0.2, 0) is 35.4 Å². The summed E-state index contributed by atoms with van der Waals surface area (Å²) in [5, 5.41) is 21.5. The summed E-state index contributed by atoms with van der Waals surface area (Å²) >= 11 is -0.527. The minimum Gasteiger partial charge on any atom is -0.507 e. The zero-order chi connectivity index (χ0) is 42.4. The van der Waals surface area contributed by atoms with Crippen LogP contribution in [0.5, 0.6) is 5.75 Å². The van der Waals surface area contributed by atoms with E-state index in [9.17, 15) is 28.1 Å². The fourth-order valence-electron chi connectivity index (χ4n) is 6.80. The van der Waals surface area contributed by atoms with Crippen LogP contribution < -0.4 is 9.80 Å². The van der Waals surface area contributed by atoms with Crippen LogP contribution in [0.1, 0.15) is 70.9 Å². The largest absolute Gasteiger partial charge is 0.507 e. The number of methoxy groups -OCH3 is 1. The van der Waals surface area contributed by atoms with Gasteiger partial charge in [-0.25, -0.2) is 4.21 Å². The smallest absolute Gasteiger partial charge is 0.186 e. The molecule has 2 atom stereocenters. The van der Waals surface area contributed by atoms with Crippen LogP contribution in [0, 0.1) is 5.41 Å². The Hall–Kier alpha value is -2.41. The topological polar surface area (TPSA) is 162 Å². The molecule has 0 fully saturated rings. The Balaban J connectivity index is 1.89. The molecule has 1 heterocycles. The second-order valence-electron chi connectivity index (χ2n) is 15.5. The molecule has 5 N–H and O–H groups in total. The lowest BCUT2D eigenvalue weighted by atomic mass is 9.77. The lowest BCUT2D eigenvalue weighted by Gasteiger charge is -2.30. The van der Waals surface area contributed by atoms with Gasteiger partial charge in [0.15, 0.2) is 11.1 Å². The summed E-state index contributed by atoms with van der Waals surface area (Å²) in [6.07, 6.45) is 11.6. The maximum Gasteiger partial charge on any atom is 0.186 e. The third-order valence-electron chi connectivity index (χ3n) is 9.83. The summed E-state index contributed by atoms with van der Waals surface area (Å²) < 4.78 is 62.8. The van der Waals surface area contributed by atoms with Gasteiger partial charge >= 0.3 is 0 Å². The molecule has 0 spiro atoms. The number of fused-ring (bicyclic) bond motifs is 1. The van der Waals surface area contributed by atoms with Gasteiger partial charge in [0.05, 0.1) is 51.1 Å².